The second-order valence-electron chi connectivity index (χ2n) is 8.30. The van der Waals surface area contributed by atoms with E-state index in [-0.39, 0.29) is 11.9 Å². The molecule has 0 bridgehead atoms. The van der Waals surface area contributed by atoms with Crippen molar-refractivity contribution in [2.45, 2.75) is 31.9 Å². The first-order valence-corrected chi connectivity index (χ1v) is 11.3. The Hall–Kier alpha value is -2.78. The average molecular weight is 448 g/mol. The maximum Gasteiger partial charge on any atom is 0.303 e. The normalized spacial score (nSPS) is 17.5. The summed E-state index contributed by atoms with van der Waals surface area (Å²) in [6.07, 6.45) is 0.611. The van der Waals surface area contributed by atoms with Crippen molar-refractivity contribution in [3.05, 3.63) is 53.6 Å². The number of ether oxygens (including phenoxy) is 2. The minimum Gasteiger partial charge on any atom is -0.497 e. The number of fused-ring (bicyclic) bond motifs is 1. The van der Waals surface area contributed by atoms with Crippen molar-refractivity contribution in [2.75, 3.05) is 32.6 Å². The molecule has 0 saturated carbocycles. The molecule has 0 radical (unpaired) electrons. The Morgan fingerprint density at radius 1 is 1.13 bits per heavy atom. The van der Waals surface area contributed by atoms with E-state index in [9.17, 15) is 13.2 Å². The lowest BCUT2D eigenvalue weighted by molar-refractivity contribution is 0.0617. The van der Waals surface area contributed by atoms with Gasteiger partial charge in [0.1, 0.15) is 17.1 Å². The van der Waals surface area contributed by atoms with Crippen LogP contribution in [0, 0.1) is 0 Å². The van der Waals surface area contributed by atoms with Crippen LogP contribution in [0.15, 0.2) is 42.5 Å². The second kappa shape index (κ2) is 8.39. The largest absolute Gasteiger partial charge is 0.497 e. The highest BCUT2D eigenvalue weighted by molar-refractivity contribution is 7.90. The molecule has 2 aromatic rings. The number of nitrogens with zero attached hydrogens (tertiary/aromatic N) is 2. The quantitative estimate of drug-likeness (QED) is 0.736. The number of nitrogens with one attached hydrogen (secondary N) is 1. The van der Waals surface area contributed by atoms with Gasteiger partial charge in [0.25, 0.3) is 5.91 Å². The van der Waals surface area contributed by atoms with Crippen molar-refractivity contribution in [2.24, 2.45) is 0 Å². The Labute approximate surface area is 183 Å². The van der Waals surface area contributed by atoms with E-state index in [4.69, 9.17) is 9.47 Å². The molecular formula is C22H29N3O5S. The summed E-state index contributed by atoms with van der Waals surface area (Å²) in [6.45, 7) is 3.95. The number of carbonyl (C=O) groups is 1. The summed E-state index contributed by atoms with van der Waals surface area (Å²) in [5.41, 5.74) is 1.35. The zero-order valence-corrected chi connectivity index (χ0v) is 19.5. The van der Waals surface area contributed by atoms with Gasteiger partial charge in [-0.2, -0.15) is 12.7 Å². The van der Waals surface area contributed by atoms with Crippen LogP contribution in [0.1, 0.15) is 42.2 Å². The molecule has 0 spiro atoms. The molecule has 0 fully saturated rings. The highest BCUT2D eigenvalue weighted by atomic mass is 32.2. The van der Waals surface area contributed by atoms with Crippen LogP contribution in [-0.2, 0) is 10.2 Å². The molecule has 1 atom stereocenters. The molecule has 2 aromatic carbocycles. The van der Waals surface area contributed by atoms with Crippen LogP contribution in [0.4, 0.5) is 5.69 Å². The lowest BCUT2D eigenvalue weighted by Crippen LogP contribution is -2.41. The monoisotopic (exact) mass is 447 g/mol. The minimum atomic E-state index is -3.60. The van der Waals surface area contributed by atoms with Crippen LogP contribution in [0.3, 0.4) is 0 Å². The highest BCUT2D eigenvalue weighted by Gasteiger charge is 2.35. The molecule has 8 nitrogen and oxygen atoms in total. The third-order valence-electron chi connectivity index (χ3n) is 5.28. The molecule has 1 unspecified atom stereocenters. The van der Waals surface area contributed by atoms with Gasteiger partial charge < -0.3 is 14.8 Å². The van der Waals surface area contributed by atoms with E-state index in [1.165, 1.54) is 25.4 Å². The molecule has 0 aromatic heterocycles. The van der Waals surface area contributed by atoms with Crippen LogP contribution in [0.2, 0.25) is 0 Å². The van der Waals surface area contributed by atoms with Gasteiger partial charge in [0.05, 0.1) is 18.8 Å². The van der Waals surface area contributed by atoms with Gasteiger partial charge in [-0.25, -0.2) is 0 Å². The first kappa shape index (κ1) is 22.9. The highest BCUT2D eigenvalue weighted by Crippen LogP contribution is 2.41. The SMILES string of the molecule is COc1ccc2c(c1)OC(C)(C)CC2NC(=O)c1ccc(N(C)S(=O)(=O)N(C)C)cc1. The summed E-state index contributed by atoms with van der Waals surface area (Å²) in [7, 11) is 2.41. The van der Waals surface area contributed by atoms with Crippen LogP contribution >= 0.6 is 0 Å². The third kappa shape index (κ3) is 4.77. The molecule has 31 heavy (non-hydrogen) atoms. The molecule has 0 aliphatic carbocycles. The summed E-state index contributed by atoms with van der Waals surface area (Å²) in [4.78, 5) is 12.9. The fourth-order valence-corrected chi connectivity index (χ4v) is 4.41. The van der Waals surface area contributed by atoms with Crippen LogP contribution < -0.4 is 19.1 Å². The van der Waals surface area contributed by atoms with Crippen molar-refractivity contribution >= 4 is 21.8 Å². The van der Waals surface area contributed by atoms with E-state index in [2.05, 4.69) is 5.32 Å². The van der Waals surface area contributed by atoms with Crippen LogP contribution in [0.25, 0.3) is 0 Å². The molecule has 9 heteroatoms. The molecular weight excluding hydrogens is 418 g/mol. The molecule has 168 valence electrons. The first-order chi connectivity index (χ1) is 14.4. The van der Waals surface area contributed by atoms with E-state index in [0.717, 1.165) is 9.87 Å². The third-order valence-corrected chi connectivity index (χ3v) is 7.11. The van der Waals surface area contributed by atoms with Gasteiger partial charge >= 0.3 is 10.2 Å². The van der Waals surface area contributed by atoms with E-state index in [0.29, 0.717) is 29.2 Å². The van der Waals surface area contributed by atoms with E-state index in [1.807, 2.05) is 32.0 Å². The van der Waals surface area contributed by atoms with Gasteiger partial charge in [-0.05, 0) is 50.2 Å². The van der Waals surface area contributed by atoms with E-state index < -0.39 is 15.8 Å². The maximum absolute atomic E-state index is 12.9. The van der Waals surface area contributed by atoms with Crippen molar-refractivity contribution in [3.63, 3.8) is 0 Å². The molecule has 1 aliphatic rings. The molecule has 0 saturated heterocycles. The Morgan fingerprint density at radius 3 is 2.35 bits per heavy atom. The van der Waals surface area contributed by atoms with Gasteiger partial charge in [-0.1, -0.05) is 0 Å². The first-order valence-electron chi connectivity index (χ1n) is 9.89. The summed E-state index contributed by atoms with van der Waals surface area (Å²) in [5, 5.41) is 3.08. The number of carbonyl (C=O) groups excluding carboxylic acids is 1. The summed E-state index contributed by atoms with van der Waals surface area (Å²) >= 11 is 0. The molecule has 3 rings (SSSR count). The minimum absolute atomic E-state index is 0.228. The number of benzene rings is 2. The standard InChI is InChI=1S/C22H29N3O5S/c1-22(2)14-19(18-12-11-17(29-6)13-20(18)30-22)23-21(26)15-7-9-16(10-8-15)25(5)31(27,28)24(3)4/h7-13,19H,14H2,1-6H3,(H,23,26). The van der Waals surface area contributed by atoms with Crippen molar-refractivity contribution in [1.29, 1.82) is 0 Å². The van der Waals surface area contributed by atoms with Gasteiger partial charge in [0.2, 0.25) is 0 Å². The Morgan fingerprint density at radius 2 is 1.77 bits per heavy atom. The van der Waals surface area contributed by atoms with E-state index in [1.54, 1.807) is 31.4 Å². The molecule has 1 N–H and O–H groups in total. The zero-order valence-electron chi connectivity index (χ0n) is 18.7. The fraction of sp³-hybridized carbons (Fsp3) is 0.409. The number of anilines is 1. The predicted molar refractivity (Wildman–Crippen MR) is 120 cm³/mol. The Balaban J connectivity index is 1.80. The Kier molecular flexibility index (Phi) is 6.20. The lowest BCUT2D eigenvalue weighted by atomic mass is 9.89. The van der Waals surface area contributed by atoms with Crippen LogP contribution in [0.5, 0.6) is 11.5 Å². The van der Waals surface area contributed by atoms with Gasteiger partial charge in [-0.3, -0.25) is 9.10 Å². The smallest absolute Gasteiger partial charge is 0.303 e. The van der Waals surface area contributed by atoms with Gasteiger partial charge in [-0.15, -0.1) is 0 Å². The predicted octanol–water partition coefficient (Wildman–Crippen LogP) is 2.97. The number of hydrogen-bond acceptors (Lipinski definition) is 5. The molecule has 1 amide bonds. The maximum atomic E-state index is 12.9. The van der Waals surface area contributed by atoms with E-state index >= 15 is 0 Å². The number of methoxy groups -OCH3 is 1. The van der Waals surface area contributed by atoms with Crippen molar-refractivity contribution in [3.8, 4) is 11.5 Å². The summed E-state index contributed by atoms with van der Waals surface area (Å²) < 4.78 is 38.2. The molecule has 1 aliphatic heterocycles. The van der Waals surface area contributed by atoms with Crippen molar-refractivity contribution in [1.82, 2.24) is 9.62 Å². The average Bonchev–Trinajstić information content (AvgIpc) is 2.71. The fourth-order valence-electron chi connectivity index (χ4n) is 3.53. The number of rotatable bonds is 6. The van der Waals surface area contributed by atoms with Gasteiger partial charge in [0, 0.05) is 44.8 Å². The number of amides is 1. The van der Waals surface area contributed by atoms with Crippen molar-refractivity contribution < 1.29 is 22.7 Å². The zero-order chi connectivity index (χ0) is 23.0. The topological polar surface area (TPSA) is 88.2 Å². The van der Waals surface area contributed by atoms with Crippen LogP contribution in [-0.4, -0.2) is 52.5 Å². The van der Waals surface area contributed by atoms with Gasteiger partial charge in [0.15, 0.2) is 0 Å². The molecule has 1 heterocycles. The Bertz CT molecular complexity index is 1070. The lowest BCUT2D eigenvalue weighted by Gasteiger charge is -2.38. The summed E-state index contributed by atoms with van der Waals surface area (Å²) in [5.74, 6) is 1.13. The summed E-state index contributed by atoms with van der Waals surface area (Å²) in [6, 6.07) is 11.8. The number of hydrogen-bond donors (Lipinski definition) is 1. The second-order valence-corrected chi connectivity index (χ2v) is 10.5.